The summed E-state index contributed by atoms with van der Waals surface area (Å²) in [6, 6.07) is 11.7. The van der Waals surface area contributed by atoms with Crippen LogP contribution in [-0.4, -0.2) is 37.5 Å². The second-order valence-electron chi connectivity index (χ2n) is 7.50. The minimum Gasteiger partial charge on any atom is -0.465 e. The third-order valence-electron chi connectivity index (χ3n) is 5.03. The summed E-state index contributed by atoms with van der Waals surface area (Å²) in [5, 5.41) is 7.21. The van der Waals surface area contributed by atoms with Crippen LogP contribution < -0.4 is 10.6 Å². The SMILES string of the molecule is CCOC(=O)CNC(=O)CCNC(=O)c1ccc2cc([C]3[CH][CH][CH][CH]3)ccc2c1.[CH]1[CH][CH][CH][CH]1.[Fe+2]. The van der Waals surface area contributed by atoms with E-state index in [1.54, 1.807) is 13.0 Å². The van der Waals surface area contributed by atoms with Gasteiger partial charge in [0.15, 0.2) is 0 Å². The van der Waals surface area contributed by atoms with Crippen LogP contribution in [0.25, 0.3) is 10.8 Å². The zero-order valence-electron chi connectivity index (χ0n) is 19.5. The summed E-state index contributed by atoms with van der Waals surface area (Å²) in [5.41, 5.74) is 1.67. The Kier molecular flexibility index (Phi) is 12.9. The van der Waals surface area contributed by atoms with E-state index in [1.807, 2.05) is 69.2 Å². The Labute approximate surface area is 219 Å². The molecule has 2 aromatic rings. The molecule has 180 valence electrons. The minimum absolute atomic E-state index is 0. The maximum atomic E-state index is 12.4. The Morgan fingerprint density at radius 2 is 1.43 bits per heavy atom. The smallest absolute Gasteiger partial charge is 0.465 e. The van der Waals surface area contributed by atoms with Crippen LogP contribution in [0, 0.1) is 63.7 Å². The van der Waals surface area contributed by atoms with Crippen molar-refractivity contribution < 1.29 is 36.2 Å². The molecule has 0 bridgehead atoms. The maximum absolute atomic E-state index is 12.4. The van der Waals surface area contributed by atoms with Gasteiger partial charge in [-0.3, -0.25) is 14.4 Å². The molecular weight excluding hydrogens is 484 g/mol. The van der Waals surface area contributed by atoms with Gasteiger partial charge in [0, 0.05) is 24.4 Å². The molecule has 2 N–H and O–H groups in total. The first kappa shape index (κ1) is 28.9. The normalized spacial score (nSPS) is 15.0. The van der Waals surface area contributed by atoms with E-state index in [4.69, 9.17) is 4.74 Å². The van der Waals surface area contributed by atoms with E-state index >= 15 is 0 Å². The number of esters is 1. The standard InChI is InChI=1S/C23H23N2O4.C5H5.Fe/c1-2-29-22(27)15-25-21(26)11-12-24-23(28)20-10-9-18-13-17(7-8-19(18)14-20)16-5-3-4-6-16;1-2-4-5-3-1;/h3-10,13-14H,2,11-12,15H2,1H3,(H,24,28)(H,25,26);1-5H;/q;;+2. The van der Waals surface area contributed by atoms with Gasteiger partial charge in [0.25, 0.3) is 5.91 Å². The van der Waals surface area contributed by atoms with Gasteiger partial charge >= 0.3 is 23.0 Å². The number of carbonyl (C=O) groups excluding carboxylic acids is 3. The van der Waals surface area contributed by atoms with Crippen molar-refractivity contribution in [1.82, 2.24) is 10.6 Å². The predicted octanol–water partition coefficient (Wildman–Crippen LogP) is 3.41. The molecule has 0 saturated heterocycles. The first-order valence-corrected chi connectivity index (χ1v) is 11.2. The van der Waals surface area contributed by atoms with Crippen molar-refractivity contribution in [2.24, 2.45) is 0 Å². The van der Waals surface area contributed by atoms with Crippen LogP contribution in [0.1, 0.15) is 29.3 Å². The van der Waals surface area contributed by atoms with Gasteiger partial charge in [-0.25, -0.2) is 0 Å². The molecule has 10 radical (unpaired) electrons. The summed E-state index contributed by atoms with van der Waals surface area (Å²) in [6.07, 6.45) is 18.2. The average Bonchev–Trinajstić information content (AvgIpc) is 3.59. The molecule has 2 amide bonds. The van der Waals surface area contributed by atoms with Crippen molar-refractivity contribution in [3.8, 4) is 0 Å². The van der Waals surface area contributed by atoms with Gasteiger partial charge < -0.3 is 15.4 Å². The Morgan fingerprint density at radius 1 is 0.800 bits per heavy atom. The summed E-state index contributed by atoms with van der Waals surface area (Å²) in [6.45, 7) is 1.98. The predicted molar refractivity (Wildman–Crippen MR) is 132 cm³/mol. The van der Waals surface area contributed by atoms with Gasteiger partial charge in [-0.05, 0) is 93.2 Å². The Bertz CT molecular complexity index is 961. The van der Waals surface area contributed by atoms with Crippen molar-refractivity contribution in [3.05, 3.63) is 111 Å². The van der Waals surface area contributed by atoms with E-state index in [9.17, 15) is 14.4 Å². The van der Waals surface area contributed by atoms with Crippen molar-refractivity contribution in [1.29, 1.82) is 0 Å². The van der Waals surface area contributed by atoms with Crippen molar-refractivity contribution >= 4 is 28.6 Å². The zero-order valence-corrected chi connectivity index (χ0v) is 20.6. The van der Waals surface area contributed by atoms with Crippen LogP contribution >= 0.6 is 0 Å². The summed E-state index contributed by atoms with van der Waals surface area (Å²) < 4.78 is 4.73. The molecule has 4 rings (SSSR count). The Balaban J connectivity index is 0.000000640. The second kappa shape index (κ2) is 15.6. The molecule has 6 nitrogen and oxygen atoms in total. The van der Waals surface area contributed by atoms with E-state index in [0.29, 0.717) is 5.56 Å². The summed E-state index contributed by atoms with van der Waals surface area (Å²) >= 11 is 0. The topological polar surface area (TPSA) is 84.5 Å². The van der Waals surface area contributed by atoms with Gasteiger partial charge in [-0.15, -0.1) is 0 Å². The van der Waals surface area contributed by atoms with E-state index in [0.717, 1.165) is 22.3 Å². The molecule has 0 heterocycles. The first-order chi connectivity index (χ1) is 16.6. The van der Waals surface area contributed by atoms with Crippen LogP contribution in [0.5, 0.6) is 0 Å². The summed E-state index contributed by atoms with van der Waals surface area (Å²) in [4.78, 5) is 35.3. The molecule has 2 aliphatic carbocycles. The number of amides is 2. The number of benzene rings is 2. The molecule has 2 saturated carbocycles. The molecule has 0 atom stereocenters. The fraction of sp³-hybridized carbons (Fsp3) is 0.179. The third-order valence-corrected chi connectivity index (χ3v) is 5.03. The number of ether oxygens (including phenoxy) is 1. The van der Waals surface area contributed by atoms with Crippen molar-refractivity contribution in [2.45, 2.75) is 13.3 Å². The average molecular weight is 512 g/mol. The first-order valence-electron chi connectivity index (χ1n) is 11.2. The van der Waals surface area contributed by atoms with Crippen molar-refractivity contribution in [3.63, 3.8) is 0 Å². The fourth-order valence-electron chi connectivity index (χ4n) is 3.32. The van der Waals surface area contributed by atoms with Gasteiger partial charge in [0.2, 0.25) is 5.91 Å². The summed E-state index contributed by atoms with van der Waals surface area (Å²) in [7, 11) is 0. The van der Waals surface area contributed by atoms with Crippen LogP contribution in [0.4, 0.5) is 0 Å². The molecule has 0 unspecified atom stereocenters. The van der Waals surface area contributed by atoms with Crippen molar-refractivity contribution in [2.75, 3.05) is 19.7 Å². The largest absolute Gasteiger partial charge is 2.00 e. The van der Waals surface area contributed by atoms with Crippen LogP contribution in [0.15, 0.2) is 36.4 Å². The summed E-state index contributed by atoms with van der Waals surface area (Å²) in [5.74, 6) is 0.111. The molecule has 0 aromatic heterocycles. The molecule has 0 spiro atoms. The molecule has 0 aliphatic heterocycles. The van der Waals surface area contributed by atoms with E-state index in [2.05, 4.69) is 29.5 Å². The second-order valence-corrected chi connectivity index (χ2v) is 7.50. The van der Waals surface area contributed by atoms with E-state index in [1.165, 1.54) is 0 Å². The van der Waals surface area contributed by atoms with Crippen LogP contribution in [-0.2, 0) is 31.4 Å². The van der Waals surface area contributed by atoms with Gasteiger partial charge in [0.1, 0.15) is 6.54 Å². The van der Waals surface area contributed by atoms with E-state index in [-0.39, 0.29) is 55.0 Å². The van der Waals surface area contributed by atoms with Crippen LogP contribution in [0.2, 0.25) is 0 Å². The Morgan fingerprint density at radius 3 is 2.09 bits per heavy atom. The van der Waals surface area contributed by atoms with Gasteiger partial charge in [0.05, 0.1) is 6.61 Å². The number of hydrogen-bond acceptors (Lipinski definition) is 4. The minimum atomic E-state index is -0.484. The number of rotatable bonds is 8. The molecular formula is C28H28FeN2O4+2. The molecule has 2 aliphatic rings. The van der Waals surface area contributed by atoms with E-state index < -0.39 is 5.97 Å². The molecule has 2 fully saturated rings. The molecule has 35 heavy (non-hydrogen) atoms. The number of nitrogens with one attached hydrogen (secondary N) is 2. The van der Waals surface area contributed by atoms with Gasteiger partial charge in [-0.1, -0.05) is 24.3 Å². The fourth-order valence-corrected chi connectivity index (χ4v) is 3.32. The maximum Gasteiger partial charge on any atom is 2.00 e. The number of hydrogen-bond donors (Lipinski definition) is 2. The molecule has 7 heteroatoms. The zero-order chi connectivity index (χ0) is 24.2. The monoisotopic (exact) mass is 512 g/mol. The molecule has 2 aromatic carbocycles. The third kappa shape index (κ3) is 9.65. The van der Waals surface area contributed by atoms with Gasteiger partial charge in [-0.2, -0.15) is 0 Å². The quantitative estimate of drug-likeness (QED) is 0.420. The number of fused-ring (bicyclic) bond motifs is 1. The number of carbonyl (C=O) groups is 3. The Hall–Kier alpha value is -2.37. The van der Waals surface area contributed by atoms with Crippen LogP contribution in [0.3, 0.4) is 0 Å².